The summed E-state index contributed by atoms with van der Waals surface area (Å²) in [6.07, 6.45) is 2.07. The van der Waals surface area contributed by atoms with Crippen molar-refractivity contribution in [2.24, 2.45) is 0 Å². The van der Waals surface area contributed by atoms with Crippen LogP contribution in [0.5, 0.6) is 11.5 Å². The fraction of sp³-hybridized carbons (Fsp3) is 0.533. The highest BCUT2D eigenvalue weighted by molar-refractivity contribution is 5.92. The summed E-state index contributed by atoms with van der Waals surface area (Å²) < 4.78 is 16.0. The van der Waals surface area contributed by atoms with Gasteiger partial charge in [-0.25, -0.2) is 0 Å². The van der Waals surface area contributed by atoms with Crippen molar-refractivity contribution in [3.8, 4) is 11.5 Å². The van der Waals surface area contributed by atoms with Crippen molar-refractivity contribution in [2.75, 3.05) is 39.2 Å². The molecule has 1 aliphatic rings. The Balaban J connectivity index is 1.84. The van der Waals surface area contributed by atoms with Gasteiger partial charge in [0.15, 0.2) is 11.5 Å². The molecule has 2 N–H and O–H groups in total. The van der Waals surface area contributed by atoms with Crippen LogP contribution in [0.25, 0.3) is 0 Å². The summed E-state index contributed by atoms with van der Waals surface area (Å²) in [5, 5.41) is 6.05. The Kier molecular flexibility index (Phi) is 5.83. The number of anilines is 1. The highest BCUT2D eigenvalue weighted by Gasteiger charge is 2.15. The number of benzene rings is 1. The van der Waals surface area contributed by atoms with E-state index in [2.05, 4.69) is 10.6 Å². The maximum Gasteiger partial charge on any atom is 0.250 e. The van der Waals surface area contributed by atoms with E-state index in [1.807, 2.05) is 0 Å². The third-order valence-electron chi connectivity index (χ3n) is 3.40. The Hall–Kier alpha value is -1.79. The van der Waals surface area contributed by atoms with Gasteiger partial charge in [-0.15, -0.1) is 0 Å². The van der Waals surface area contributed by atoms with Crippen molar-refractivity contribution in [3.05, 3.63) is 18.2 Å². The van der Waals surface area contributed by atoms with E-state index < -0.39 is 0 Å². The summed E-state index contributed by atoms with van der Waals surface area (Å²) >= 11 is 0. The number of methoxy groups -OCH3 is 2. The second-order valence-electron chi connectivity index (χ2n) is 4.88. The highest BCUT2D eigenvalue weighted by atomic mass is 16.5. The third-order valence-corrected chi connectivity index (χ3v) is 3.40. The number of piperidine rings is 1. The van der Waals surface area contributed by atoms with Crippen LogP contribution >= 0.6 is 0 Å². The van der Waals surface area contributed by atoms with Gasteiger partial charge in [-0.2, -0.15) is 0 Å². The second-order valence-corrected chi connectivity index (χ2v) is 4.88. The maximum absolute atomic E-state index is 11.9. The lowest BCUT2D eigenvalue weighted by Gasteiger charge is -2.22. The van der Waals surface area contributed by atoms with Crippen LogP contribution in [0.2, 0.25) is 0 Å². The fourth-order valence-corrected chi connectivity index (χ4v) is 2.27. The number of nitrogens with one attached hydrogen (secondary N) is 2. The number of ether oxygens (including phenoxy) is 3. The first-order chi connectivity index (χ1) is 10.2. The molecule has 6 heteroatoms. The van der Waals surface area contributed by atoms with Crippen molar-refractivity contribution in [1.82, 2.24) is 5.32 Å². The Morgan fingerprint density at radius 1 is 1.24 bits per heavy atom. The van der Waals surface area contributed by atoms with Crippen LogP contribution in [-0.4, -0.2) is 45.9 Å². The molecule has 0 atom stereocenters. The molecule has 1 aromatic rings. The van der Waals surface area contributed by atoms with Gasteiger partial charge >= 0.3 is 0 Å². The molecule has 0 unspecified atom stereocenters. The van der Waals surface area contributed by atoms with Crippen LogP contribution in [0.15, 0.2) is 18.2 Å². The molecule has 1 aromatic carbocycles. The first-order valence-electron chi connectivity index (χ1n) is 7.07. The van der Waals surface area contributed by atoms with E-state index in [9.17, 15) is 4.79 Å². The summed E-state index contributed by atoms with van der Waals surface area (Å²) in [6.45, 7) is 1.96. The molecule has 0 saturated carbocycles. The highest BCUT2D eigenvalue weighted by Crippen LogP contribution is 2.29. The molecule has 116 valence electrons. The van der Waals surface area contributed by atoms with Gasteiger partial charge in [0.1, 0.15) is 6.61 Å². The predicted molar refractivity (Wildman–Crippen MR) is 80.0 cm³/mol. The predicted octanol–water partition coefficient (Wildman–Crippen LogP) is 1.41. The van der Waals surface area contributed by atoms with Crippen molar-refractivity contribution in [1.29, 1.82) is 0 Å². The molecule has 0 aromatic heterocycles. The van der Waals surface area contributed by atoms with Crippen LogP contribution in [0.3, 0.4) is 0 Å². The summed E-state index contributed by atoms with van der Waals surface area (Å²) in [5.41, 5.74) is 0.659. The second kappa shape index (κ2) is 7.85. The summed E-state index contributed by atoms with van der Waals surface area (Å²) in [7, 11) is 3.13. The Morgan fingerprint density at radius 3 is 2.62 bits per heavy atom. The molecular formula is C15H22N2O4. The standard InChI is InChI=1S/C15H22N2O4/c1-19-13-4-3-11(9-14(13)20-2)17-15(18)10-21-12-5-7-16-8-6-12/h3-4,9,12,16H,5-8,10H2,1-2H3,(H,17,18). The van der Waals surface area contributed by atoms with Gasteiger partial charge in [0.25, 0.3) is 0 Å². The minimum absolute atomic E-state index is 0.0685. The summed E-state index contributed by atoms with van der Waals surface area (Å²) in [5.74, 6) is 1.04. The number of carbonyl (C=O) groups is 1. The number of hydrogen-bond acceptors (Lipinski definition) is 5. The van der Waals surface area contributed by atoms with Crippen LogP contribution < -0.4 is 20.1 Å². The van der Waals surface area contributed by atoms with E-state index in [0.717, 1.165) is 25.9 Å². The van der Waals surface area contributed by atoms with Gasteiger partial charge in [0.2, 0.25) is 5.91 Å². The molecular weight excluding hydrogens is 272 g/mol. The first kappa shape index (κ1) is 15.6. The molecule has 2 rings (SSSR count). The fourth-order valence-electron chi connectivity index (χ4n) is 2.27. The molecule has 21 heavy (non-hydrogen) atoms. The molecule has 0 aliphatic carbocycles. The maximum atomic E-state index is 11.9. The third kappa shape index (κ3) is 4.61. The van der Waals surface area contributed by atoms with Gasteiger partial charge in [-0.3, -0.25) is 4.79 Å². The number of amides is 1. The van der Waals surface area contributed by atoms with E-state index in [4.69, 9.17) is 14.2 Å². The van der Waals surface area contributed by atoms with Gasteiger partial charge in [-0.05, 0) is 38.1 Å². The number of carbonyl (C=O) groups excluding carboxylic acids is 1. The van der Waals surface area contributed by atoms with E-state index in [0.29, 0.717) is 17.2 Å². The monoisotopic (exact) mass is 294 g/mol. The van der Waals surface area contributed by atoms with Crippen LogP contribution in [0, 0.1) is 0 Å². The average Bonchev–Trinajstić information content (AvgIpc) is 2.53. The van der Waals surface area contributed by atoms with Gasteiger partial charge in [0.05, 0.1) is 20.3 Å². The molecule has 1 saturated heterocycles. The van der Waals surface area contributed by atoms with Crippen molar-refractivity contribution >= 4 is 11.6 Å². The van der Waals surface area contributed by atoms with E-state index in [1.54, 1.807) is 32.4 Å². The SMILES string of the molecule is COc1ccc(NC(=O)COC2CCNCC2)cc1OC. The molecule has 1 fully saturated rings. The van der Waals surface area contributed by atoms with Gasteiger partial charge < -0.3 is 24.8 Å². The lowest BCUT2D eigenvalue weighted by atomic mass is 10.1. The number of hydrogen-bond donors (Lipinski definition) is 2. The Bertz CT molecular complexity index is 473. The Morgan fingerprint density at radius 2 is 1.95 bits per heavy atom. The topological polar surface area (TPSA) is 68.8 Å². The minimum atomic E-state index is -0.166. The van der Waals surface area contributed by atoms with E-state index in [-0.39, 0.29) is 18.6 Å². The zero-order valence-corrected chi connectivity index (χ0v) is 12.5. The molecule has 0 radical (unpaired) electrons. The Labute approximate surface area is 124 Å². The van der Waals surface area contributed by atoms with E-state index in [1.165, 1.54) is 0 Å². The number of rotatable bonds is 6. The van der Waals surface area contributed by atoms with Crippen LogP contribution in [-0.2, 0) is 9.53 Å². The zero-order chi connectivity index (χ0) is 15.1. The molecule has 1 amide bonds. The molecule has 1 aliphatic heterocycles. The van der Waals surface area contributed by atoms with Gasteiger partial charge in [-0.1, -0.05) is 0 Å². The van der Waals surface area contributed by atoms with Crippen molar-refractivity contribution < 1.29 is 19.0 Å². The normalized spacial score (nSPS) is 15.5. The first-order valence-corrected chi connectivity index (χ1v) is 7.07. The lowest BCUT2D eigenvalue weighted by Crippen LogP contribution is -2.34. The summed E-state index contributed by atoms with van der Waals surface area (Å²) in [4.78, 5) is 11.9. The average molecular weight is 294 g/mol. The molecule has 1 heterocycles. The minimum Gasteiger partial charge on any atom is -0.493 e. The zero-order valence-electron chi connectivity index (χ0n) is 12.5. The molecule has 0 bridgehead atoms. The van der Waals surface area contributed by atoms with Crippen molar-refractivity contribution in [2.45, 2.75) is 18.9 Å². The van der Waals surface area contributed by atoms with Crippen LogP contribution in [0.1, 0.15) is 12.8 Å². The molecule has 0 spiro atoms. The largest absolute Gasteiger partial charge is 0.493 e. The van der Waals surface area contributed by atoms with Crippen LogP contribution in [0.4, 0.5) is 5.69 Å². The van der Waals surface area contributed by atoms with E-state index >= 15 is 0 Å². The summed E-state index contributed by atoms with van der Waals surface area (Å²) in [6, 6.07) is 5.24. The lowest BCUT2D eigenvalue weighted by molar-refractivity contribution is -0.123. The quantitative estimate of drug-likeness (QED) is 0.830. The molecule has 6 nitrogen and oxygen atoms in total. The van der Waals surface area contributed by atoms with Crippen molar-refractivity contribution in [3.63, 3.8) is 0 Å². The smallest absolute Gasteiger partial charge is 0.250 e. The van der Waals surface area contributed by atoms with Gasteiger partial charge in [0, 0.05) is 11.8 Å².